The number of nitrogens with zero attached hydrogens (tertiary/aromatic N) is 1. The number of carbonyl (C=O) groups excluding carboxylic acids is 1. The third-order valence-corrected chi connectivity index (χ3v) is 6.83. The van der Waals surface area contributed by atoms with Gasteiger partial charge in [0.05, 0.1) is 27.2 Å². The van der Waals surface area contributed by atoms with Crippen LogP contribution in [0.15, 0.2) is 83.3 Å². The maximum atomic E-state index is 13.6. The van der Waals surface area contributed by atoms with Crippen molar-refractivity contribution in [1.29, 1.82) is 0 Å². The molecular weight excluding hydrogens is 544 g/mol. The molecule has 0 saturated heterocycles. The lowest BCUT2D eigenvalue weighted by Gasteiger charge is -2.29. The number of hydrogen-bond acceptors (Lipinski definition) is 3. The molecule has 0 radical (unpaired) electrons. The van der Waals surface area contributed by atoms with E-state index in [0.29, 0.717) is 32.2 Å². The van der Waals surface area contributed by atoms with E-state index in [1.165, 1.54) is 23.1 Å². The number of hydrogen-bond donors (Lipinski definition) is 1. The van der Waals surface area contributed by atoms with Gasteiger partial charge in [-0.1, -0.05) is 76.7 Å². The Balaban J connectivity index is 1.70. The van der Waals surface area contributed by atoms with Crippen molar-refractivity contribution >= 4 is 58.3 Å². The molecule has 4 rings (SSSR count). The Hall–Kier alpha value is -2.96. The van der Waals surface area contributed by atoms with Crippen molar-refractivity contribution in [2.24, 2.45) is 0 Å². The summed E-state index contributed by atoms with van der Waals surface area (Å²) >= 11 is 24.4. The molecule has 9 heteroatoms. The zero-order valence-electron chi connectivity index (χ0n) is 18.6. The van der Waals surface area contributed by atoms with Crippen LogP contribution in [0.25, 0.3) is 11.3 Å². The van der Waals surface area contributed by atoms with Crippen LogP contribution in [0.5, 0.6) is 0 Å². The monoisotopic (exact) mass is 561 g/mol. The predicted octanol–water partition coefficient (Wildman–Crippen LogP) is 7.90. The fourth-order valence-corrected chi connectivity index (χ4v) is 4.53. The average molecular weight is 563 g/mol. The third kappa shape index (κ3) is 6.05. The van der Waals surface area contributed by atoms with Crippen molar-refractivity contribution in [1.82, 2.24) is 4.90 Å². The lowest BCUT2D eigenvalue weighted by Crippen LogP contribution is -2.46. The number of benzene rings is 3. The second-order valence-corrected chi connectivity index (χ2v) is 9.65. The van der Waals surface area contributed by atoms with Crippen LogP contribution < -0.4 is 0 Å². The van der Waals surface area contributed by atoms with Crippen LogP contribution in [0.4, 0.5) is 0 Å². The van der Waals surface area contributed by atoms with Gasteiger partial charge in [0, 0.05) is 17.0 Å². The van der Waals surface area contributed by atoms with Gasteiger partial charge < -0.3 is 14.4 Å². The molecule has 5 nitrogen and oxygen atoms in total. The topological polar surface area (TPSA) is 70.8 Å². The fourth-order valence-electron chi connectivity index (χ4n) is 3.74. The highest BCUT2D eigenvalue weighted by molar-refractivity contribution is 6.42. The molecule has 1 amide bonds. The summed E-state index contributed by atoms with van der Waals surface area (Å²) in [7, 11) is 0. The Bertz CT molecular complexity index is 1400. The molecule has 0 bridgehead atoms. The van der Waals surface area contributed by atoms with Gasteiger partial charge in [0.25, 0.3) is 5.91 Å². The minimum atomic E-state index is -1.19. The van der Waals surface area contributed by atoms with Gasteiger partial charge >= 0.3 is 5.97 Å². The summed E-state index contributed by atoms with van der Waals surface area (Å²) in [6.45, 7) is -0.108. The molecule has 3 aromatic carbocycles. The van der Waals surface area contributed by atoms with Gasteiger partial charge in [-0.2, -0.15) is 0 Å². The van der Waals surface area contributed by atoms with Crippen molar-refractivity contribution < 1.29 is 19.1 Å². The second-order valence-electron chi connectivity index (χ2n) is 8.00. The van der Waals surface area contributed by atoms with E-state index in [4.69, 9.17) is 50.8 Å². The Morgan fingerprint density at radius 3 is 2.25 bits per heavy atom. The van der Waals surface area contributed by atoms with E-state index in [2.05, 4.69) is 0 Å². The van der Waals surface area contributed by atoms with Crippen LogP contribution in [-0.2, 0) is 17.8 Å². The zero-order chi connectivity index (χ0) is 25.8. The maximum absolute atomic E-state index is 13.6. The van der Waals surface area contributed by atoms with E-state index in [9.17, 15) is 14.7 Å². The molecule has 0 fully saturated rings. The smallest absolute Gasteiger partial charge is 0.326 e. The van der Waals surface area contributed by atoms with Crippen molar-refractivity contribution in [3.05, 3.63) is 116 Å². The Kier molecular flexibility index (Phi) is 8.27. The van der Waals surface area contributed by atoms with Gasteiger partial charge in [-0.15, -0.1) is 0 Å². The molecule has 1 aromatic heterocycles. The maximum Gasteiger partial charge on any atom is 0.326 e. The lowest BCUT2D eigenvalue weighted by molar-refractivity contribution is -0.142. The van der Waals surface area contributed by atoms with E-state index in [-0.39, 0.29) is 23.6 Å². The Morgan fingerprint density at radius 2 is 1.58 bits per heavy atom. The molecule has 1 atom stereocenters. The van der Waals surface area contributed by atoms with E-state index in [1.54, 1.807) is 30.3 Å². The number of carboxylic acids is 1. The van der Waals surface area contributed by atoms with Crippen molar-refractivity contribution in [3.63, 3.8) is 0 Å². The van der Waals surface area contributed by atoms with Gasteiger partial charge in [0.15, 0.2) is 0 Å². The molecule has 184 valence electrons. The first kappa shape index (κ1) is 26.1. The van der Waals surface area contributed by atoms with Crippen LogP contribution in [0.3, 0.4) is 0 Å². The summed E-state index contributed by atoms with van der Waals surface area (Å²) in [6.07, 6.45) is 0.0908. The molecule has 0 aliphatic carbocycles. The number of carboxylic acid groups (broad SMARTS) is 1. The molecule has 0 aliphatic heterocycles. The molecule has 0 saturated carbocycles. The molecule has 1 unspecified atom stereocenters. The SMILES string of the molecule is O=C(O)C(Cc1ccccc1)N(Cc1ccc(-c2ccc(Cl)c(Cl)c2)o1)C(=O)c1ccc(Cl)cc1Cl. The molecule has 0 aliphatic rings. The molecule has 36 heavy (non-hydrogen) atoms. The van der Waals surface area contributed by atoms with E-state index >= 15 is 0 Å². The van der Waals surface area contributed by atoms with Crippen molar-refractivity contribution in [2.45, 2.75) is 19.0 Å². The summed E-state index contributed by atoms with van der Waals surface area (Å²) in [5.74, 6) is -0.842. The van der Waals surface area contributed by atoms with Crippen LogP contribution in [0.2, 0.25) is 20.1 Å². The number of halogens is 4. The number of amides is 1. The van der Waals surface area contributed by atoms with Gasteiger partial charge in [-0.05, 0) is 54.1 Å². The molecule has 1 N–H and O–H groups in total. The highest BCUT2D eigenvalue weighted by Crippen LogP contribution is 2.31. The highest BCUT2D eigenvalue weighted by Gasteiger charge is 2.32. The summed E-state index contributed by atoms with van der Waals surface area (Å²) in [5.41, 5.74) is 1.59. The third-order valence-electron chi connectivity index (χ3n) is 5.55. The van der Waals surface area contributed by atoms with E-state index in [0.717, 1.165) is 5.56 Å². The Labute approximate surface area is 227 Å². The number of furan rings is 1. The van der Waals surface area contributed by atoms with Gasteiger partial charge in [0.2, 0.25) is 0 Å². The van der Waals surface area contributed by atoms with Crippen molar-refractivity contribution in [3.8, 4) is 11.3 Å². The van der Waals surface area contributed by atoms with E-state index in [1.807, 2.05) is 30.3 Å². The average Bonchev–Trinajstić information content (AvgIpc) is 3.32. The zero-order valence-corrected chi connectivity index (χ0v) is 21.7. The first-order valence-electron chi connectivity index (χ1n) is 10.8. The number of carbonyl (C=O) groups is 2. The number of rotatable bonds is 8. The van der Waals surface area contributed by atoms with Gasteiger partial charge in [-0.3, -0.25) is 4.79 Å². The highest BCUT2D eigenvalue weighted by atomic mass is 35.5. The molecule has 4 aromatic rings. The van der Waals surface area contributed by atoms with Crippen LogP contribution in [-0.4, -0.2) is 27.9 Å². The van der Waals surface area contributed by atoms with Crippen LogP contribution in [0, 0.1) is 0 Å². The largest absolute Gasteiger partial charge is 0.480 e. The summed E-state index contributed by atoms with van der Waals surface area (Å²) in [4.78, 5) is 27.3. The number of aliphatic carboxylic acids is 1. The van der Waals surface area contributed by atoms with Crippen molar-refractivity contribution in [2.75, 3.05) is 0 Å². The first-order chi connectivity index (χ1) is 17.2. The summed E-state index contributed by atoms with van der Waals surface area (Å²) in [5, 5.41) is 11.4. The predicted molar refractivity (Wildman–Crippen MR) is 142 cm³/mol. The normalized spacial score (nSPS) is 11.8. The van der Waals surface area contributed by atoms with Crippen LogP contribution in [0.1, 0.15) is 21.7 Å². The lowest BCUT2D eigenvalue weighted by atomic mass is 10.0. The standard InChI is InChI=1S/C27H19Cl4NO4/c28-18-7-9-20(22(30)14-18)26(33)32(24(27(34)35)12-16-4-2-1-3-5-16)15-19-8-11-25(36-19)17-6-10-21(29)23(31)13-17/h1-11,13-14,24H,12,15H2,(H,34,35). The van der Waals surface area contributed by atoms with Gasteiger partial charge in [-0.25, -0.2) is 4.79 Å². The quantitative estimate of drug-likeness (QED) is 0.237. The fraction of sp³-hybridized carbons (Fsp3) is 0.111. The minimum absolute atomic E-state index is 0.0908. The minimum Gasteiger partial charge on any atom is -0.480 e. The second kappa shape index (κ2) is 11.4. The van der Waals surface area contributed by atoms with E-state index < -0.39 is 17.9 Å². The first-order valence-corrected chi connectivity index (χ1v) is 12.3. The summed E-state index contributed by atoms with van der Waals surface area (Å²) in [6, 6.07) is 20.8. The molecule has 0 spiro atoms. The van der Waals surface area contributed by atoms with Gasteiger partial charge in [0.1, 0.15) is 17.6 Å². The van der Waals surface area contributed by atoms with Crippen LogP contribution >= 0.6 is 46.4 Å². The summed E-state index contributed by atoms with van der Waals surface area (Å²) < 4.78 is 5.97. The molecular formula is C27H19Cl4NO4. The Morgan fingerprint density at radius 1 is 0.833 bits per heavy atom. The molecule has 1 heterocycles.